The molecule has 34 heavy (non-hydrogen) atoms. The summed E-state index contributed by atoms with van der Waals surface area (Å²) < 4.78 is 5.30. The number of nitrogens with zero attached hydrogens (tertiary/aromatic N) is 2. The van der Waals surface area contributed by atoms with Gasteiger partial charge in [-0.3, -0.25) is 15.1 Å². The number of aryl methyl sites for hydroxylation is 1. The van der Waals surface area contributed by atoms with Crippen molar-refractivity contribution in [1.29, 1.82) is 0 Å². The van der Waals surface area contributed by atoms with E-state index in [1.165, 1.54) is 11.1 Å². The third-order valence-corrected chi connectivity index (χ3v) is 6.36. The second kappa shape index (κ2) is 10.3. The van der Waals surface area contributed by atoms with Crippen molar-refractivity contribution in [2.75, 3.05) is 10.6 Å². The monoisotopic (exact) mass is 476 g/mol. The van der Waals surface area contributed by atoms with Gasteiger partial charge in [0.05, 0.1) is 5.56 Å². The van der Waals surface area contributed by atoms with E-state index in [1.54, 1.807) is 42.5 Å². The van der Waals surface area contributed by atoms with Gasteiger partial charge in [0.15, 0.2) is 0 Å². The summed E-state index contributed by atoms with van der Waals surface area (Å²) in [6, 6.07) is 11.4. The molecule has 0 unspecified atom stereocenters. The Morgan fingerprint density at radius 1 is 1.09 bits per heavy atom. The highest BCUT2D eigenvalue weighted by Gasteiger charge is 2.19. The molecule has 1 aliphatic rings. The summed E-state index contributed by atoms with van der Waals surface area (Å²) in [5.74, 6) is 0.988. The molecule has 0 spiro atoms. The van der Waals surface area contributed by atoms with Crippen molar-refractivity contribution >= 4 is 35.3 Å². The molecule has 0 fully saturated rings. The molecule has 7 nitrogen and oxygen atoms in total. The standard InChI is InChI=1S/C26H28N4O3S/c1-26(2,3)33-25(32)30-23-12-17(9-11-28-23)16-34-22-14-20(13-18-6-4-8-21(18)22)29-24(31)19-7-5-10-27-15-19/h5,7,9-15H,4,6,8,16H2,1-3H3,(H,29,31)(H,28,30,32). The highest BCUT2D eigenvalue weighted by molar-refractivity contribution is 7.98. The molecule has 1 aliphatic carbocycles. The molecular weight excluding hydrogens is 448 g/mol. The van der Waals surface area contributed by atoms with Crippen LogP contribution in [0.4, 0.5) is 16.3 Å². The Bertz CT molecular complexity index is 1190. The number of benzene rings is 1. The maximum absolute atomic E-state index is 12.6. The van der Waals surface area contributed by atoms with Gasteiger partial charge >= 0.3 is 6.09 Å². The van der Waals surface area contributed by atoms with E-state index < -0.39 is 11.7 Å². The van der Waals surface area contributed by atoms with Crippen molar-refractivity contribution < 1.29 is 14.3 Å². The molecule has 0 saturated heterocycles. The van der Waals surface area contributed by atoms with Gasteiger partial charge in [-0.25, -0.2) is 9.78 Å². The van der Waals surface area contributed by atoms with Crippen LogP contribution in [0.1, 0.15) is 54.2 Å². The zero-order chi connectivity index (χ0) is 24.1. The van der Waals surface area contributed by atoms with E-state index in [0.717, 1.165) is 35.4 Å². The summed E-state index contributed by atoms with van der Waals surface area (Å²) in [5.41, 5.74) is 4.41. The fourth-order valence-corrected chi connectivity index (χ4v) is 4.89. The summed E-state index contributed by atoms with van der Waals surface area (Å²) in [5, 5.41) is 5.70. The number of fused-ring (bicyclic) bond motifs is 1. The highest BCUT2D eigenvalue weighted by Crippen LogP contribution is 2.36. The number of rotatable bonds is 6. The lowest BCUT2D eigenvalue weighted by atomic mass is 10.1. The first-order chi connectivity index (χ1) is 16.3. The van der Waals surface area contributed by atoms with E-state index in [2.05, 4.69) is 26.7 Å². The zero-order valence-corrected chi connectivity index (χ0v) is 20.4. The number of carbonyl (C=O) groups excluding carboxylic acids is 2. The molecule has 0 saturated carbocycles. The van der Waals surface area contributed by atoms with Gasteiger partial charge < -0.3 is 10.1 Å². The van der Waals surface area contributed by atoms with E-state index in [9.17, 15) is 9.59 Å². The Balaban J connectivity index is 1.46. The number of aromatic nitrogens is 2. The maximum atomic E-state index is 12.6. The van der Waals surface area contributed by atoms with Crippen molar-refractivity contribution in [2.24, 2.45) is 0 Å². The topological polar surface area (TPSA) is 93.2 Å². The van der Waals surface area contributed by atoms with Crippen LogP contribution < -0.4 is 10.6 Å². The Hall–Kier alpha value is -3.39. The molecule has 8 heteroatoms. The summed E-state index contributed by atoms with van der Waals surface area (Å²) >= 11 is 1.72. The summed E-state index contributed by atoms with van der Waals surface area (Å²) in [4.78, 5) is 34.1. The molecule has 4 rings (SSSR count). The normalized spacial score (nSPS) is 12.7. The molecule has 2 heterocycles. The number of anilines is 2. The Morgan fingerprint density at radius 2 is 1.94 bits per heavy atom. The average Bonchev–Trinajstić information content (AvgIpc) is 3.26. The van der Waals surface area contributed by atoms with E-state index in [-0.39, 0.29) is 5.91 Å². The molecule has 0 radical (unpaired) electrons. The molecule has 0 bridgehead atoms. The molecule has 0 atom stereocenters. The van der Waals surface area contributed by atoms with Crippen molar-refractivity contribution in [2.45, 2.75) is 56.3 Å². The molecule has 3 aromatic rings. The van der Waals surface area contributed by atoms with Crippen LogP contribution in [0.2, 0.25) is 0 Å². The first-order valence-corrected chi connectivity index (χ1v) is 12.2. The highest BCUT2D eigenvalue weighted by atomic mass is 32.2. The van der Waals surface area contributed by atoms with Crippen LogP contribution in [-0.4, -0.2) is 27.6 Å². The van der Waals surface area contributed by atoms with Gasteiger partial charge in [-0.2, -0.15) is 0 Å². The number of carbonyl (C=O) groups is 2. The van der Waals surface area contributed by atoms with Crippen LogP contribution in [0.25, 0.3) is 0 Å². The van der Waals surface area contributed by atoms with Crippen LogP contribution in [0.5, 0.6) is 0 Å². The van der Waals surface area contributed by atoms with E-state index in [4.69, 9.17) is 4.74 Å². The van der Waals surface area contributed by atoms with Crippen LogP contribution in [0.15, 0.2) is 59.9 Å². The number of nitrogens with one attached hydrogen (secondary N) is 2. The van der Waals surface area contributed by atoms with Crippen molar-refractivity contribution in [3.05, 3.63) is 77.2 Å². The maximum Gasteiger partial charge on any atom is 0.413 e. The predicted octanol–water partition coefficient (Wildman–Crippen LogP) is 5.86. The third-order valence-electron chi connectivity index (χ3n) is 5.20. The zero-order valence-electron chi connectivity index (χ0n) is 19.6. The first kappa shape index (κ1) is 23.8. The third kappa shape index (κ3) is 6.35. The number of hydrogen-bond donors (Lipinski definition) is 2. The van der Waals surface area contributed by atoms with Crippen LogP contribution in [0, 0.1) is 0 Å². The minimum absolute atomic E-state index is 0.172. The Kier molecular flexibility index (Phi) is 7.17. The molecule has 176 valence electrons. The first-order valence-electron chi connectivity index (χ1n) is 11.2. The van der Waals surface area contributed by atoms with Gasteiger partial charge in [-0.1, -0.05) is 0 Å². The minimum atomic E-state index is -0.574. The molecule has 2 N–H and O–H groups in total. The van der Waals surface area contributed by atoms with Crippen molar-refractivity contribution in [3.8, 4) is 0 Å². The second-order valence-corrected chi connectivity index (χ2v) is 10.1. The number of thioether (sulfide) groups is 1. The number of amides is 2. The Morgan fingerprint density at radius 3 is 2.71 bits per heavy atom. The van der Waals surface area contributed by atoms with Gasteiger partial charge in [-0.15, -0.1) is 11.8 Å². The smallest absolute Gasteiger partial charge is 0.413 e. The van der Waals surface area contributed by atoms with Crippen LogP contribution in [-0.2, 0) is 23.3 Å². The number of ether oxygens (including phenoxy) is 1. The second-order valence-electron chi connectivity index (χ2n) is 9.13. The van der Waals surface area contributed by atoms with E-state index >= 15 is 0 Å². The lowest BCUT2D eigenvalue weighted by Crippen LogP contribution is -2.27. The lowest BCUT2D eigenvalue weighted by molar-refractivity contribution is 0.0635. The fourth-order valence-electron chi connectivity index (χ4n) is 3.77. The average molecular weight is 477 g/mol. The van der Waals surface area contributed by atoms with Crippen LogP contribution >= 0.6 is 11.8 Å². The Labute approximate surface area is 203 Å². The number of pyridine rings is 2. The van der Waals surface area contributed by atoms with Crippen molar-refractivity contribution in [3.63, 3.8) is 0 Å². The quantitative estimate of drug-likeness (QED) is 0.433. The van der Waals surface area contributed by atoms with E-state index in [0.29, 0.717) is 17.1 Å². The van der Waals surface area contributed by atoms with Gasteiger partial charge in [-0.05, 0) is 93.1 Å². The van der Waals surface area contributed by atoms with Gasteiger partial charge in [0.2, 0.25) is 0 Å². The van der Waals surface area contributed by atoms with E-state index in [1.807, 2.05) is 39.0 Å². The summed E-state index contributed by atoms with van der Waals surface area (Å²) in [6.45, 7) is 5.45. The van der Waals surface area contributed by atoms with Crippen molar-refractivity contribution in [1.82, 2.24) is 9.97 Å². The van der Waals surface area contributed by atoms with Gasteiger partial charge in [0.1, 0.15) is 11.4 Å². The van der Waals surface area contributed by atoms with Gasteiger partial charge in [0.25, 0.3) is 5.91 Å². The summed E-state index contributed by atoms with van der Waals surface area (Å²) in [6.07, 6.45) is 7.52. The molecule has 0 aliphatic heterocycles. The SMILES string of the molecule is CC(C)(C)OC(=O)Nc1cc(CSc2cc(NC(=O)c3cccnc3)cc3c2CCC3)ccn1. The summed E-state index contributed by atoms with van der Waals surface area (Å²) in [7, 11) is 0. The van der Waals surface area contributed by atoms with Crippen LogP contribution in [0.3, 0.4) is 0 Å². The minimum Gasteiger partial charge on any atom is -0.444 e. The molecular formula is C26H28N4O3S. The molecule has 1 aromatic carbocycles. The molecule has 2 aromatic heterocycles. The largest absolute Gasteiger partial charge is 0.444 e. The fraction of sp³-hybridized carbons (Fsp3) is 0.308. The predicted molar refractivity (Wildman–Crippen MR) is 134 cm³/mol. The lowest BCUT2D eigenvalue weighted by Gasteiger charge is -2.19. The number of hydrogen-bond acceptors (Lipinski definition) is 6. The molecule has 2 amide bonds. The van der Waals surface area contributed by atoms with Gasteiger partial charge in [0, 0.05) is 34.9 Å².